The molecular formula is C8H9NO6S. The summed E-state index contributed by atoms with van der Waals surface area (Å²) in [6, 6.07) is 0. The first-order valence-corrected chi connectivity index (χ1v) is 5.81. The molecular weight excluding hydrogens is 238 g/mol. The fourth-order valence-corrected chi connectivity index (χ4v) is 1.74. The molecule has 0 radical (unpaired) electrons. The van der Waals surface area contributed by atoms with Gasteiger partial charge in [0.05, 0.1) is 0 Å². The molecule has 0 aromatic rings. The zero-order valence-electron chi connectivity index (χ0n) is 8.07. The minimum Gasteiger partial charge on any atom is -0.302 e. The molecule has 1 unspecified atom stereocenters. The summed E-state index contributed by atoms with van der Waals surface area (Å²) in [6.07, 6.45) is 1.84. The van der Waals surface area contributed by atoms with Crippen LogP contribution in [0.15, 0.2) is 12.2 Å². The second kappa shape index (κ2) is 4.54. The van der Waals surface area contributed by atoms with Gasteiger partial charge in [0, 0.05) is 18.7 Å². The summed E-state index contributed by atoms with van der Waals surface area (Å²) in [5.41, 5.74) is 0. The van der Waals surface area contributed by atoms with Crippen LogP contribution in [0.4, 0.5) is 0 Å². The van der Waals surface area contributed by atoms with Gasteiger partial charge in [-0.25, -0.2) is 0 Å². The van der Waals surface area contributed by atoms with Crippen molar-refractivity contribution in [3.8, 4) is 0 Å². The van der Waals surface area contributed by atoms with Crippen molar-refractivity contribution in [2.24, 2.45) is 0 Å². The summed E-state index contributed by atoms with van der Waals surface area (Å²) in [5.74, 6) is -1.13. The summed E-state index contributed by atoms with van der Waals surface area (Å²) in [5, 5.41) is -1.62. The topological polar surface area (TPSA) is 109 Å². The molecule has 1 heterocycles. The fraction of sp³-hybridized carbons (Fsp3) is 0.375. The Morgan fingerprint density at radius 2 is 1.81 bits per heavy atom. The second-order valence-electron chi connectivity index (χ2n) is 3.14. The predicted molar refractivity (Wildman–Crippen MR) is 51.9 cm³/mol. The van der Waals surface area contributed by atoms with Crippen molar-refractivity contribution < 1.29 is 27.4 Å². The molecule has 1 aliphatic rings. The molecule has 1 aliphatic heterocycles. The molecule has 0 aromatic carbocycles. The lowest BCUT2D eigenvalue weighted by molar-refractivity contribution is -0.137. The molecule has 88 valence electrons. The Morgan fingerprint density at radius 1 is 1.31 bits per heavy atom. The van der Waals surface area contributed by atoms with Crippen LogP contribution in [-0.4, -0.2) is 47.8 Å². The van der Waals surface area contributed by atoms with Crippen LogP contribution >= 0.6 is 0 Å². The van der Waals surface area contributed by atoms with Crippen molar-refractivity contribution in [2.45, 2.75) is 11.7 Å². The van der Waals surface area contributed by atoms with Gasteiger partial charge in [0.2, 0.25) is 0 Å². The minimum atomic E-state index is -4.48. The zero-order chi connectivity index (χ0) is 12.3. The van der Waals surface area contributed by atoms with E-state index < -0.39 is 27.2 Å². The molecule has 1 rings (SSSR count). The standard InChI is InChI=1S/C8H9NO6S/c10-5-6(16(13,14)15)3-4-9-7(11)1-2-8(9)12/h1-2,5-6H,3-4H2,(H,13,14,15). The summed E-state index contributed by atoms with van der Waals surface area (Å²) < 4.78 is 29.9. The first-order chi connectivity index (χ1) is 7.36. The molecule has 8 heteroatoms. The molecule has 7 nitrogen and oxygen atoms in total. The van der Waals surface area contributed by atoms with Gasteiger partial charge in [-0.1, -0.05) is 0 Å². The molecule has 0 saturated heterocycles. The lowest BCUT2D eigenvalue weighted by Gasteiger charge is -2.14. The van der Waals surface area contributed by atoms with E-state index in [-0.39, 0.29) is 19.3 Å². The number of hydrogen-bond acceptors (Lipinski definition) is 5. The monoisotopic (exact) mass is 247 g/mol. The Balaban J connectivity index is 2.61. The lowest BCUT2D eigenvalue weighted by Crippen LogP contribution is -2.34. The number of carbonyl (C=O) groups is 3. The third-order valence-electron chi connectivity index (χ3n) is 2.07. The first-order valence-electron chi connectivity index (χ1n) is 4.31. The summed E-state index contributed by atoms with van der Waals surface area (Å²) in [6.45, 7) is -0.228. The first kappa shape index (κ1) is 12.5. The van der Waals surface area contributed by atoms with E-state index in [0.717, 1.165) is 17.1 Å². The Hall–Kier alpha value is -1.54. The van der Waals surface area contributed by atoms with Gasteiger partial charge in [-0.15, -0.1) is 0 Å². The van der Waals surface area contributed by atoms with Crippen molar-refractivity contribution in [2.75, 3.05) is 6.54 Å². The van der Waals surface area contributed by atoms with Crippen molar-refractivity contribution in [3.05, 3.63) is 12.2 Å². The van der Waals surface area contributed by atoms with Gasteiger partial charge in [-0.3, -0.25) is 19.0 Å². The van der Waals surface area contributed by atoms with Crippen molar-refractivity contribution in [1.82, 2.24) is 4.90 Å². The maximum atomic E-state index is 11.1. The highest BCUT2D eigenvalue weighted by molar-refractivity contribution is 7.87. The maximum absolute atomic E-state index is 11.1. The lowest BCUT2D eigenvalue weighted by atomic mass is 10.3. The smallest absolute Gasteiger partial charge is 0.274 e. The maximum Gasteiger partial charge on any atom is 0.274 e. The number of hydrogen-bond donors (Lipinski definition) is 1. The van der Waals surface area contributed by atoms with E-state index in [9.17, 15) is 22.8 Å². The van der Waals surface area contributed by atoms with Gasteiger partial charge in [0.1, 0.15) is 11.5 Å². The van der Waals surface area contributed by atoms with Crippen molar-refractivity contribution in [1.29, 1.82) is 0 Å². The van der Waals surface area contributed by atoms with Crippen molar-refractivity contribution >= 4 is 28.2 Å². The third kappa shape index (κ3) is 2.74. The fourth-order valence-electron chi connectivity index (χ4n) is 1.20. The number of carbonyl (C=O) groups excluding carboxylic acids is 3. The van der Waals surface area contributed by atoms with E-state index in [2.05, 4.69) is 0 Å². The van der Waals surface area contributed by atoms with Gasteiger partial charge in [-0.05, 0) is 6.42 Å². The van der Waals surface area contributed by atoms with E-state index >= 15 is 0 Å². The quantitative estimate of drug-likeness (QED) is 0.369. The Morgan fingerprint density at radius 3 is 2.19 bits per heavy atom. The molecule has 16 heavy (non-hydrogen) atoms. The van der Waals surface area contributed by atoms with Gasteiger partial charge in [0.15, 0.2) is 0 Å². The van der Waals surface area contributed by atoms with Gasteiger partial charge < -0.3 is 4.79 Å². The summed E-state index contributed by atoms with van der Waals surface area (Å²) in [7, 11) is -4.48. The molecule has 0 fully saturated rings. The SMILES string of the molecule is O=CC(CCN1C(=O)C=CC1=O)S(=O)(=O)O. The normalized spacial score (nSPS) is 17.9. The van der Waals surface area contributed by atoms with Gasteiger partial charge >= 0.3 is 0 Å². The van der Waals surface area contributed by atoms with Crippen LogP contribution in [0.1, 0.15) is 6.42 Å². The Bertz CT molecular complexity index is 433. The van der Waals surface area contributed by atoms with E-state index in [1.54, 1.807) is 0 Å². The van der Waals surface area contributed by atoms with Crippen LogP contribution in [0, 0.1) is 0 Å². The molecule has 0 spiro atoms. The van der Waals surface area contributed by atoms with Crippen LogP contribution in [-0.2, 0) is 24.5 Å². The molecule has 1 N–H and O–H groups in total. The van der Waals surface area contributed by atoms with E-state index in [1.165, 1.54) is 0 Å². The molecule has 0 saturated carbocycles. The second-order valence-corrected chi connectivity index (χ2v) is 4.78. The molecule has 1 atom stereocenters. The molecule has 0 aliphatic carbocycles. The average Bonchev–Trinajstić information content (AvgIpc) is 2.47. The van der Waals surface area contributed by atoms with E-state index in [1.807, 2.05) is 0 Å². The predicted octanol–water partition coefficient (Wildman–Crippen LogP) is -1.24. The number of rotatable bonds is 5. The molecule has 0 bridgehead atoms. The largest absolute Gasteiger partial charge is 0.302 e. The van der Waals surface area contributed by atoms with Crippen LogP contribution in [0.25, 0.3) is 0 Å². The van der Waals surface area contributed by atoms with Crippen molar-refractivity contribution in [3.63, 3.8) is 0 Å². The number of aldehydes is 1. The van der Waals surface area contributed by atoms with Crippen LogP contribution in [0.3, 0.4) is 0 Å². The third-order valence-corrected chi connectivity index (χ3v) is 3.18. The Kier molecular flexibility index (Phi) is 3.55. The number of nitrogens with zero attached hydrogens (tertiary/aromatic N) is 1. The highest BCUT2D eigenvalue weighted by atomic mass is 32.2. The Labute approximate surface area is 91.5 Å². The highest BCUT2D eigenvalue weighted by Gasteiger charge is 2.27. The van der Waals surface area contributed by atoms with E-state index in [0.29, 0.717) is 0 Å². The number of amides is 2. The number of imide groups is 1. The van der Waals surface area contributed by atoms with Crippen LogP contribution in [0.5, 0.6) is 0 Å². The summed E-state index contributed by atoms with van der Waals surface area (Å²) in [4.78, 5) is 33.3. The summed E-state index contributed by atoms with van der Waals surface area (Å²) >= 11 is 0. The van der Waals surface area contributed by atoms with Crippen LogP contribution in [0.2, 0.25) is 0 Å². The van der Waals surface area contributed by atoms with Crippen LogP contribution < -0.4 is 0 Å². The zero-order valence-corrected chi connectivity index (χ0v) is 8.88. The average molecular weight is 247 g/mol. The highest BCUT2D eigenvalue weighted by Crippen LogP contribution is 2.08. The minimum absolute atomic E-state index is 0.0633. The molecule has 0 aromatic heterocycles. The van der Waals surface area contributed by atoms with Gasteiger partial charge in [-0.2, -0.15) is 8.42 Å². The molecule has 2 amide bonds. The van der Waals surface area contributed by atoms with E-state index in [4.69, 9.17) is 4.55 Å². The van der Waals surface area contributed by atoms with Gasteiger partial charge in [0.25, 0.3) is 21.9 Å².